The standard InChI is InChI=1S/C20H28N4O2.ClH/c1-14-6-8-15(9-7-14)19-16(5-4-10-26-19)11-22-20(25)18(21-2)17-12-23-24(3)13-17;/h6-9,12-13,16,18-19,21H,4-5,10-11H2,1-3H3,(H,22,25);1H. The lowest BCUT2D eigenvalue weighted by Crippen LogP contribution is -2.40. The molecule has 1 fully saturated rings. The summed E-state index contributed by atoms with van der Waals surface area (Å²) >= 11 is 0. The molecule has 1 saturated heterocycles. The van der Waals surface area contributed by atoms with Gasteiger partial charge in [0.15, 0.2) is 0 Å². The highest BCUT2D eigenvalue weighted by Crippen LogP contribution is 2.33. The molecule has 1 aromatic carbocycles. The number of likely N-dealkylation sites (N-methyl/N-ethyl adjacent to an activating group) is 1. The van der Waals surface area contributed by atoms with Crippen molar-refractivity contribution in [3.05, 3.63) is 53.3 Å². The van der Waals surface area contributed by atoms with Crippen molar-refractivity contribution in [2.75, 3.05) is 20.2 Å². The van der Waals surface area contributed by atoms with Crippen LogP contribution < -0.4 is 10.6 Å². The summed E-state index contributed by atoms with van der Waals surface area (Å²) in [6.45, 7) is 3.47. The van der Waals surface area contributed by atoms with E-state index in [-0.39, 0.29) is 30.3 Å². The average Bonchev–Trinajstić information content (AvgIpc) is 3.07. The van der Waals surface area contributed by atoms with E-state index in [4.69, 9.17) is 4.74 Å². The summed E-state index contributed by atoms with van der Waals surface area (Å²) in [7, 11) is 3.63. The third kappa shape index (κ3) is 5.31. The summed E-state index contributed by atoms with van der Waals surface area (Å²) in [6.07, 6.45) is 5.70. The average molecular weight is 393 g/mol. The fraction of sp³-hybridized carbons (Fsp3) is 0.500. The van der Waals surface area contributed by atoms with Crippen molar-refractivity contribution in [2.45, 2.75) is 31.9 Å². The Morgan fingerprint density at radius 2 is 2.11 bits per heavy atom. The molecule has 3 atom stereocenters. The lowest BCUT2D eigenvalue weighted by atomic mass is 9.89. The van der Waals surface area contributed by atoms with Gasteiger partial charge in [-0.05, 0) is 32.4 Å². The van der Waals surface area contributed by atoms with Gasteiger partial charge in [0.25, 0.3) is 0 Å². The molecule has 3 unspecified atom stereocenters. The molecule has 0 saturated carbocycles. The fourth-order valence-electron chi connectivity index (χ4n) is 3.55. The Balaban J connectivity index is 0.00000261. The molecule has 1 aliphatic heterocycles. The van der Waals surface area contributed by atoms with Gasteiger partial charge in [0, 0.05) is 37.9 Å². The maximum absolute atomic E-state index is 12.7. The number of hydrogen-bond donors (Lipinski definition) is 2. The molecular formula is C20H29ClN4O2. The van der Waals surface area contributed by atoms with Crippen LogP contribution in [0.25, 0.3) is 0 Å². The lowest BCUT2D eigenvalue weighted by molar-refractivity contribution is -0.124. The molecule has 1 amide bonds. The minimum atomic E-state index is -0.397. The van der Waals surface area contributed by atoms with Crippen LogP contribution in [0.3, 0.4) is 0 Å². The van der Waals surface area contributed by atoms with Crippen LogP contribution in [0, 0.1) is 12.8 Å². The van der Waals surface area contributed by atoms with Gasteiger partial charge < -0.3 is 15.4 Å². The van der Waals surface area contributed by atoms with Gasteiger partial charge in [-0.2, -0.15) is 5.10 Å². The van der Waals surface area contributed by atoms with Crippen LogP contribution in [0.2, 0.25) is 0 Å². The zero-order valence-corrected chi connectivity index (χ0v) is 17.0. The van der Waals surface area contributed by atoms with Crippen LogP contribution in [0.1, 0.15) is 41.7 Å². The second-order valence-corrected chi connectivity index (χ2v) is 7.02. The van der Waals surface area contributed by atoms with Crippen LogP contribution in [0.5, 0.6) is 0 Å². The van der Waals surface area contributed by atoms with Crippen LogP contribution in [-0.4, -0.2) is 35.9 Å². The summed E-state index contributed by atoms with van der Waals surface area (Å²) < 4.78 is 7.75. The molecule has 0 radical (unpaired) electrons. The molecule has 148 valence electrons. The highest BCUT2D eigenvalue weighted by Gasteiger charge is 2.29. The zero-order valence-electron chi connectivity index (χ0n) is 16.1. The molecule has 0 aliphatic carbocycles. The van der Waals surface area contributed by atoms with Crippen molar-refractivity contribution in [1.82, 2.24) is 20.4 Å². The molecule has 1 aromatic heterocycles. The number of amides is 1. The predicted octanol–water partition coefficient (Wildman–Crippen LogP) is 2.69. The number of ether oxygens (including phenoxy) is 1. The number of carbonyl (C=O) groups is 1. The second kappa shape index (κ2) is 9.88. The Kier molecular flexibility index (Phi) is 7.83. The summed E-state index contributed by atoms with van der Waals surface area (Å²) in [4.78, 5) is 12.7. The molecule has 0 bridgehead atoms. The zero-order chi connectivity index (χ0) is 18.5. The number of aryl methyl sites for hydroxylation is 2. The Hall–Kier alpha value is -1.89. The van der Waals surface area contributed by atoms with Crippen LogP contribution in [0.4, 0.5) is 0 Å². The maximum atomic E-state index is 12.7. The third-order valence-corrected chi connectivity index (χ3v) is 5.00. The molecule has 2 N–H and O–H groups in total. The Morgan fingerprint density at radius 3 is 2.74 bits per heavy atom. The van der Waals surface area contributed by atoms with E-state index in [9.17, 15) is 4.79 Å². The monoisotopic (exact) mass is 392 g/mol. The van der Waals surface area contributed by atoms with E-state index in [1.807, 2.05) is 13.2 Å². The summed E-state index contributed by atoms with van der Waals surface area (Å²) in [5, 5.41) is 10.3. The van der Waals surface area contributed by atoms with E-state index in [0.717, 1.165) is 25.0 Å². The van der Waals surface area contributed by atoms with Crippen LogP contribution >= 0.6 is 12.4 Å². The predicted molar refractivity (Wildman–Crippen MR) is 108 cm³/mol. The first-order chi connectivity index (χ1) is 12.6. The molecular weight excluding hydrogens is 364 g/mol. The molecule has 6 nitrogen and oxygen atoms in total. The number of hydrogen-bond acceptors (Lipinski definition) is 4. The summed E-state index contributed by atoms with van der Waals surface area (Å²) in [5.74, 6) is 0.246. The Bertz CT molecular complexity index is 732. The number of rotatable bonds is 6. The van der Waals surface area contributed by atoms with Crippen molar-refractivity contribution in [3.63, 3.8) is 0 Å². The van der Waals surface area contributed by atoms with E-state index in [0.29, 0.717) is 6.54 Å². The first-order valence-electron chi connectivity index (χ1n) is 9.20. The van der Waals surface area contributed by atoms with E-state index < -0.39 is 6.04 Å². The SMILES string of the molecule is CNC(C(=O)NCC1CCCOC1c1ccc(C)cc1)c1cnn(C)c1.Cl. The fourth-order valence-corrected chi connectivity index (χ4v) is 3.55. The first kappa shape index (κ1) is 21.4. The number of nitrogens with zero attached hydrogens (tertiary/aromatic N) is 2. The maximum Gasteiger partial charge on any atom is 0.241 e. The molecule has 0 spiro atoms. The second-order valence-electron chi connectivity index (χ2n) is 7.02. The molecule has 27 heavy (non-hydrogen) atoms. The number of carbonyl (C=O) groups excluding carboxylic acids is 1. The van der Waals surface area contributed by atoms with Gasteiger partial charge in [0.05, 0.1) is 12.3 Å². The quantitative estimate of drug-likeness (QED) is 0.793. The molecule has 7 heteroatoms. The van der Waals surface area contributed by atoms with Gasteiger partial charge >= 0.3 is 0 Å². The topological polar surface area (TPSA) is 68.2 Å². The number of nitrogens with one attached hydrogen (secondary N) is 2. The normalized spacial score (nSPS) is 20.6. The Labute approximate surface area is 167 Å². The molecule has 1 aliphatic rings. The molecule has 2 heterocycles. The van der Waals surface area contributed by atoms with Crippen molar-refractivity contribution >= 4 is 18.3 Å². The first-order valence-corrected chi connectivity index (χ1v) is 9.20. The van der Waals surface area contributed by atoms with Crippen molar-refractivity contribution < 1.29 is 9.53 Å². The van der Waals surface area contributed by atoms with E-state index in [2.05, 4.69) is 46.9 Å². The third-order valence-electron chi connectivity index (χ3n) is 5.00. The minimum Gasteiger partial charge on any atom is -0.373 e. The van der Waals surface area contributed by atoms with E-state index >= 15 is 0 Å². The summed E-state index contributed by atoms with van der Waals surface area (Å²) in [5.41, 5.74) is 3.29. The van der Waals surface area contributed by atoms with Gasteiger partial charge in [-0.15, -0.1) is 12.4 Å². The number of benzene rings is 1. The highest BCUT2D eigenvalue weighted by molar-refractivity contribution is 5.85. The highest BCUT2D eigenvalue weighted by atomic mass is 35.5. The van der Waals surface area contributed by atoms with Gasteiger partial charge in [-0.1, -0.05) is 29.8 Å². The number of halogens is 1. The van der Waals surface area contributed by atoms with Gasteiger partial charge in [0.1, 0.15) is 6.04 Å². The minimum absolute atomic E-state index is 0. The lowest BCUT2D eigenvalue weighted by Gasteiger charge is -2.32. The van der Waals surface area contributed by atoms with Crippen molar-refractivity contribution in [1.29, 1.82) is 0 Å². The Morgan fingerprint density at radius 1 is 1.37 bits per heavy atom. The van der Waals surface area contributed by atoms with Gasteiger partial charge in [-0.25, -0.2) is 0 Å². The van der Waals surface area contributed by atoms with Gasteiger partial charge in [0.2, 0.25) is 5.91 Å². The number of aromatic nitrogens is 2. The van der Waals surface area contributed by atoms with Crippen LogP contribution in [0.15, 0.2) is 36.7 Å². The van der Waals surface area contributed by atoms with E-state index in [1.54, 1.807) is 17.9 Å². The largest absolute Gasteiger partial charge is 0.373 e. The molecule has 2 aromatic rings. The van der Waals surface area contributed by atoms with Crippen molar-refractivity contribution in [2.24, 2.45) is 13.0 Å². The van der Waals surface area contributed by atoms with Crippen molar-refractivity contribution in [3.8, 4) is 0 Å². The molecule has 3 rings (SSSR count). The summed E-state index contributed by atoms with van der Waals surface area (Å²) in [6, 6.07) is 8.09. The van der Waals surface area contributed by atoms with Crippen LogP contribution in [-0.2, 0) is 16.6 Å². The smallest absolute Gasteiger partial charge is 0.241 e. The van der Waals surface area contributed by atoms with Gasteiger partial charge in [-0.3, -0.25) is 9.48 Å². The van der Waals surface area contributed by atoms with E-state index in [1.165, 1.54) is 11.1 Å².